The summed E-state index contributed by atoms with van der Waals surface area (Å²) in [5.41, 5.74) is 4.17. The third kappa shape index (κ3) is 11.8. The van der Waals surface area contributed by atoms with Gasteiger partial charge in [-0.3, -0.25) is 14.5 Å². The van der Waals surface area contributed by atoms with Crippen LogP contribution in [-0.4, -0.2) is 109 Å². The Balaban J connectivity index is 0.00000155. The van der Waals surface area contributed by atoms with E-state index in [0.29, 0.717) is 37.7 Å². The molecule has 9 heteroatoms. The van der Waals surface area contributed by atoms with Crippen molar-refractivity contribution in [2.75, 3.05) is 66.0 Å². The van der Waals surface area contributed by atoms with Crippen molar-refractivity contribution in [1.82, 2.24) is 29.9 Å². The minimum Gasteiger partial charge on any atom is -0.339 e. The number of carbonyl (C=O) groups excluding carboxylic acids is 2. The van der Waals surface area contributed by atoms with Gasteiger partial charge in [0.15, 0.2) is 0 Å². The number of allylic oxidation sites excluding steroid dienone is 5. The topological polar surface area (TPSA) is 92.0 Å². The molecule has 3 aliphatic rings. The molecular weight excluding hydrogens is 588 g/mol. The van der Waals surface area contributed by atoms with Crippen molar-refractivity contribution in [3.8, 4) is 0 Å². The third-order valence-corrected chi connectivity index (χ3v) is 9.04. The van der Waals surface area contributed by atoms with Crippen LogP contribution >= 0.6 is 0 Å². The van der Waals surface area contributed by atoms with E-state index in [4.69, 9.17) is 0 Å². The number of aromatic nitrogens is 1. The molecule has 0 saturated carbocycles. The van der Waals surface area contributed by atoms with Gasteiger partial charge in [-0.2, -0.15) is 0 Å². The summed E-state index contributed by atoms with van der Waals surface area (Å²) in [4.78, 5) is 49.4. The Bertz CT molecular complexity index is 1350. The van der Waals surface area contributed by atoms with Gasteiger partial charge in [0, 0.05) is 59.4 Å². The number of rotatable bonds is 9. The molecule has 9 nitrogen and oxygen atoms in total. The first kappa shape index (κ1) is 39.0. The highest BCUT2D eigenvalue weighted by Crippen LogP contribution is 2.27. The summed E-state index contributed by atoms with van der Waals surface area (Å²) in [6.45, 7) is 33.1. The molecule has 0 unspecified atom stereocenters. The van der Waals surface area contributed by atoms with Crippen LogP contribution in [0.5, 0.6) is 0 Å². The van der Waals surface area contributed by atoms with Gasteiger partial charge in [0.05, 0.1) is 6.54 Å². The SMILES string of the molecule is C=C.C=CC(=C)/C=C(/C)C=C.C=Cc1cc(C2CCN(C(=O)NCC(=O)N3CCN(C4CCN(C)CC4)CC3)CC2)c(=O)[nH]c1C=C.[HH].[HH]. The maximum Gasteiger partial charge on any atom is 0.317 e. The fourth-order valence-corrected chi connectivity index (χ4v) is 6.09. The van der Waals surface area contributed by atoms with E-state index >= 15 is 0 Å². The van der Waals surface area contributed by atoms with Gasteiger partial charge in [-0.25, -0.2) is 4.79 Å². The molecule has 3 aliphatic heterocycles. The molecule has 3 amide bonds. The van der Waals surface area contributed by atoms with Gasteiger partial charge in [0.1, 0.15) is 0 Å². The fourth-order valence-electron chi connectivity index (χ4n) is 6.09. The summed E-state index contributed by atoms with van der Waals surface area (Å²) >= 11 is 0. The van der Waals surface area contributed by atoms with Crippen LogP contribution in [0.1, 0.15) is 58.2 Å². The van der Waals surface area contributed by atoms with Gasteiger partial charge in [-0.1, -0.05) is 62.8 Å². The number of likely N-dealkylation sites (tertiary alicyclic amines) is 2. The molecule has 1 aromatic rings. The maximum absolute atomic E-state index is 12.7. The summed E-state index contributed by atoms with van der Waals surface area (Å²) in [5.74, 6) is 0.0601. The number of nitrogens with zero attached hydrogens (tertiary/aromatic N) is 4. The van der Waals surface area contributed by atoms with Crippen LogP contribution in [0, 0.1) is 0 Å². The molecule has 0 spiro atoms. The highest BCUT2D eigenvalue weighted by atomic mass is 16.2. The van der Waals surface area contributed by atoms with Crippen LogP contribution in [0.3, 0.4) is 0 Å². The molecule has 3 saturated heterocycles. The quantitative estimate of drug-likeness (QED) is 0.255. The first-order chi connectivity index (χ1) is 22.6. The van der Waals surface area contributed by atoms with Gasteiger partial charge in [0.2, 0.25) is 5.91 Å². The maximum atomic E-state index is 12.7. The standard InChI is InChI=1S/C27H40N6O3.C9H12.C2H4.2H2/c1-4-20-18-23(26(35)29-24(20)5-2)21-6-12-33(13-7-21)27(36)28-19-25(34)32-16-14-31(15-17-32)22-8-10-30(3)11-9-22;1-5-8(3)7-9(4)6-2;1-2;;/h4-5,18,21-22H,1-2,6-17,19H2,3H3,(H,28,36)(H,29,35);5-7H,1-3H2,4H3;1-2H2;2*1H/b;9-7-;;;. The van der Waals surface area contributed by atoms with E-state index < -0.39 is 0 Å². The average molecular weight is 649 g/mol. The first-order valence-corrected chi connectivity index (χ1v) is 16.5. The summed E-state index contributed by atoms with van der Waals surface area (Å²) in [6, 6.07) is 2.29. The lowest BCUT2D eigenvalue weighted by Gasteiger charge is -2.42. The van der Waals surface area contributed by atoms with E-state index in [-0.39, 0.29) is 32.8 Å². The van der Waals surface area contributed by atoms with Crippen LogP contribution < -0.4 is 10.9 Å². The number of piperazine rings is 1. The van der Waals surface area contributed by atoms with Crippen LogP contribution in [0.2, 0.25) is 0 Å². The summed E-state index contributed by atoms with van der Waals surface area (Å²) in [5, 5.41) is 2.81. The van der Waals surface area contributed by atoms with E-state index in [1.807, 2.05) is 24.0 Å². The second-order valence-corrected chi connectivity index (χ2v) is 12.1. The molecule has 260 valence electrons. The van der Waals surface area contributed by atoms with E-state index in [1.165, 1.54) is 12.8 Å². The number of aromatic amines is 1. The largest absolute Gasteiger partial charge is 0.339 e. The van der Waals surface area contributed by atoms with Crippen molar-refractivity contribution < 1.29 is 12.4 Å². The molecule has 47 heavy (non-hydrogen) atoms. The lowest BCUT2D eigenvalue weighted by Crippen LogP contribution is -2.55. The number of urea groups is 1. The molecule has 0 atom stereocenters. The smallest absolute Gasteiger partial charge is 0.317 e. The zero-order valence-corrected chi connectivity index (χ0v) is 28.8. The second-order valence-electron chi connectivity index (χ2n) is 12.1. The number of nitrogens with one attached hydrogen (secondary N) is 2. The molecule has 0 radical (unpaired) electrons. The van der Waals surface area contributed by atoms with Gasteiger partial charge in [0.25, 0.3) is 5.56 Å². The van der Waals surface area contributed by atoms with Crippen LogP contribution in [0.15, 0.2) is 86.3 Å². The van der Waals surface area contributed by atoms with Gasteiger partial charge >= 0.3 is 6.03 Å². The van der Waals surface area contributed by atoms with Crippen molar-refractivity contribution in [3.63, 3.8) is 0 Å². The van der Waals surface area contributed by atoms with Crippen LogP contribution in [-0.2, 0) is 4.79 Å². The Morgan fingerprint density at radius 1 is 0.915 bits per heavy atom. The second kappa shape index (κ2) is 20.1. The number of amides is 3. The number of pyridine rings is 1. The molecule has 3 fully saturated rings. The Hall–Kier alpha value is -4.21. The van der Waals surface area contributed by atoms with Crippen molar-refractivity contribution in [1.29, 1.82) is 0 Å². The number of hydrogen-bond donors (Lipinski definition) is 2. The molecular formula is C38H60N6O3. The summed E-state index contributed by atoms with van der Waals surface area (Å²) in [7, 11) is 2.17. The monoisotopic (exact) mass is 648 g/mol. The Morgan fingerprint density at radius 3 is 2.06 bits per heavy atom. The number of hydrogen-bond acceptors (Lipinski definition) is 5. The lowest BCUT2D eigenvalue weighted by molar-refractivity contribution is -0.132. The number of carbonyl (C=O) groups is 2. The molecule has 2 N–H and O–H groups in total. The molecule has 0 aliphatic carbocycles. The number of H-pyrrole nitrogens is 1. The van der Waals surface area contributed by atoms with Gasteiger partial charge in [-0.05, 0) is 81.9 Å². The molecule has 4 heterocycles. The minimum atomic E-state index is -0.213. The average Bonchev–Trinajstić information content (AvgIpc) is 3.11. The van der Waals surface area contributed by atoms with Crippen molar-refractivity contribution in [2.24, 2.45) is 0 Å². The summed E-state index contributed by atoms with van der Waals surface area (Å²) < 4.78 is 0. The zero-order valence-electron chi connectivity index (χ0n) is 28.8. The van der Waals surface area contributed by atoms with Crippen LogP contribution in [0.4, 0.5) is 4.79 Å². The lowest BCUT2D eigenvalue weighted by atomic mass is 9.89. The number of piperidine rings is 2. The van der Waals surface area contributed by atoms with E-state index in [1.54, 1.807) is 29.2 Å². The van der Waals surface area contributed by atoms with E-state index in [9.17, 15) is 14.4 Å². The van der Waals surface area contributed by atoms with Crippen LogP contribution in [0.25, 0.3) is 12.2 Å². The molecule has 0 bridgehead atoms. The molecule has 4 rings (SSSR count). The van der Waals surface area contributed by atoms with Gasteiger partial charge in [-0.15, -0.1) is 13.2 Å². The zero-order chi connectivity index (χ0) is 34.9. The third-order valence-electron chi connectivity index (χ3n) is 9.04. The van der Waals surface area contributed by atoms with Gasteiger partial charge < -0.3 is 25.0 Å². The Morgan fingerprint density at radius 2 is 1.53 bits per heavy atom. The van der Waals surface area contributed by atoms with E-state index in [2.05, 4.69) is 73.2 Å². The Kier molecular flexibility index (Phi) is 16.7. The molecule has 1 aromatic heterocycles. The van der Waals surface area contributed by atoms with Crippen molar-refractivity contribution in [2.45, 2.75) is 44.6 Å². The highest BCUT2D eigenvalue weighted by Gasteiger charge is 2.29. The molecule has 0 aromatic carbocycles. The fraction of sp³-hybridized carbons (Fsp3) is 0.447. The first-order valence-electron chi connectivity index (χ1n) is 16.5. The normalized spacial score (nSPS) is 18.0. The van der Waals surface area contributed by atoms with E-state index in [0.717, 1.165) is 61.5 Å². The van der Waals surface area contributed by atoms with Crippen molar-refractivity contribution >= 4 is 24.1 Å². The van der Waals surface area contributed by atoms with Crippen molar-refractivity contribution in [3.05, 3.63) is 109 Å². The Labute approximate surface area is 285 Å². The predicted molar refractivity (Wildman–Crippen MR) is 202 cm³/mol. The highest BCUT2D eigenvalue weighted by molar-refractivity contribution is 5.84. The summed E-state index contributed by atoms with van der Waals surface area (Å²) in [6.07, 6.45) is 12.6. The minimum absolute atomic E-state index is 0. The predicted octanol–water partition coefficient (Wildman–Crippen LogP) is 5.94.